The van der Waals surface area contributed by atoms with Gasteiger partial charge >= 0.3 is 0 Å². The van der Waals surface area contributed by atoms with Crippen LogP contribution in [0.5, 0.6) is 5.75 Å². The Morgan fingerprint density at radius 3 is 2.26 bits per heavy atom. The lowest BCUT2D eigenvalue weighted by Gasteiger charge is -2.33. The summed E-state index contributed by atoms with van der Waals surface area (Å²) in [5, 5.41) is 3.26. The van der Waals surface area contributed by atoms with E-state index in [1.165, 1.54) is 0 Å². The fourth-order valence-corrected chi connectivity index (χ4v) is 5.33. The summed E-state index contributed by atoms with van der Waals surface area (Å²) in [6.45, 7) is 8.63. The fourth-order valence-electron chi connectivity index (χ4n) is 5.33. The Morgan fingerprint density at radius 1 is 0.923 bits per heavy atom. The van der Waals surface area contributed by atoms with Crippen molar-refractivity contribution >= 4 is 11.8 Å². The summed E-state index contributed by atoms with van der Waals surface area (Å²) >= 11 is 0. The molecule has 1 aliphatic carbocycles. The number of aryl methyl sites for hydroxylation is 1. The molecule has 0 aromatic heterocycles. The summed E-state index contributed by atoms with van der Waals surface area (Å²) in [5.74, 6) is 0.399. The molecule has 0 aliphatic heterocycles. The van der Waals surface area contributed by atoms with E-state index in [2.05, 4.69) is 26.1 Å². The molecule has 3 aromatic carbocycles. The monoisotopic (exact) mass is 526 g/mol. The lowest BCUT2D eigenvalue weighted by molar-refractivity contribution is -0.143. The summed E-state index contributed by atoms with van der Waals surface area (Å²) in [6, 6.07) is 25.4. The van der Waals surface area contributed by atoms with E-state index in [0.29, 0.717) is 18.7 Å². The highest BCUT2D eigenvalue weighted by molar-refractivity contribution is 5.88. The van der Waals surface area contributed by atoms with Crippen LogP contribution >= 0.6 is 0 Å². The van der Waals surface area contributed by atoms with Crippen molar-refractivity contribution in [2.45, 2.75) is 83.8 Å². The summed E-state index contributed by atoms with van der Waals surface area (Å²) in [4.78, 5) is 29.5. The number of hydrogen-bond acceptors (Lipinski definition) is 3. The quantitative estimate of drug-likeness (QED) is 0.334. The smallest absolute Gasteiger partial charge is 0.261 e. The van der Waals surface area contributed by atoms with Gasteiger partial charge in [-0.2, -0.15) is 0 Å². The molecule has 5 heteroatoms. The van der Waals surface area contributed by atoms with Crippen LogP contribution in [0.1, 0.15) is 68.7 Å². The Balaban J connectivity index is 1.64. The molecule has 0 heterocycles. The molecule has 2 amide bonds. The molecule has 5 nitrogen and oxygen atoms in total. The molecule has 0 saturated heterocycles. The van der Waals surface area contributed by atoms with Crippen LogP contribution in [-0.4, -0.2) is 35.4 Å². The fraction of sp³-hybridized carbons (Fsp3) is 0.412. The summed E-state index contributed by atoms with van der Waals surface area (Å²) in [5.41, 5.74) is 4.04. The molecule has 0 radical (unpaired) electrons. The van der Waals surface area contributed by atoms with Crippen molar-refractivity contribution in [2.24, 2.45) is 0 Å². The number of hydrogen-bond donors (Lipinski definition) is 1. The average Bonchev–Trinajstić information content (AvgIpc) is 3.43. The highest BCUT2D eigenvalue weighted by atomic mass is 16.5. The molecule has 39 heavy (non-hydrogen) atoms. The number of nitrogens with one attached hydrogen (secondary N) is 1. The number of benzene rings is 3. The van der Waals surface area contributed by atoms with Crippen molar-refractivity contribution < 1.29 is 14.3 Å². The zero-order chi connectivity index (χ0) is 27.8. The van der Waals surface area contributed by atoms with E-state index in [1.54, 1.807) is 4.90 Å². The third-order valence-corrected chi connectivity index (χ3v) is 7.62. The second-order valence-corrected chi connectivity index (χ2v) is 11.7. The SMILES string of the molecule is Cc1ccccc1CN(C(=O)COc1ccccc1C(C)(C)C)[C@H](Cc1ccccc1)C(=O)NC1CCCC1. The minimum atomic E-state index is -0.651. The predicted molar refractivity (Wildman–Crippen MR) is 157 cm³/mol. The van der Waals surface area contributed by atoms with E-state index in [9.17, 15) is 9.59 Å². The molecule has 4 rings (SSSR count). The van der Waals surface area contributed by atoms with Gasteiger partial charge < -0.3 is 15.0 Å². The summed E-state index contributed by atoms with van der Waals surface area (Å²) in [6.07, 6.45) is 4.67. The number of para-hydroxylation sites is 1. The normalized spacial score (nSPS) is 14.6. The second kappa shape index (κ2) is 13.0. The first-order valence-corrected chi connectivity index (χ1v) is 14.1. The predicted octanol–water partition coefficient (Wildman–Crippen LogP) is 6.37. The maximum Gasteiger partial charge on any atom is 0.261 e. The third-order valence-electron chi connectivity index (χ3n) is 7.62. The van der Waals surface area contributed by atoms with E-state index in [1.807, 2.05) is 85.8 Å². The molecule has 206 valence electrons. The number of nitrogens with zero attached hydrogens (tertiary/aromatic N) is 1. The van der Waals surface area contributed by atoms with Crippen molar-refractivity contribution in [3.8, 4) is 5.75 Å². The van der Waals surface area contributed by atoms with Gasteiger partial charge in [0.15, 0.2) is 6.61 Å². The molecule has 1 N–H and O–H groups in total. The van der Waals surface area contributed by atoms with Gasteiger partial charge in [0.05, 0.1) is 0 Å². The Labute approximate surface area is 233 Å². The minimum Gasteiger partial charge on any atom is -0.483 e. The average molecular weight is 527 g/mol. The number of ether oxygens (including phenoxy) is 1. The van der Waals surface area contributed by atoms with E-state index in [-0.39, 0.29) is 29.9 Å². The van der Waals surface area contributed by atoms with Gasteiger partial charge in [0, 0.05) is 19.0 Å². The molecule has 1 fully saturated rings. The lowest BCUT2D eigenvalue weighted by Crippen LogP contribution is -2.53. The highest BCUT2D eigenvalue weighted by Gasteiger charge is 2.33. The standard InChI is InChI=1S/C34H42N2O3/c1-25-14-8-9-17-27(25)23-36(32(37)24-39-31-21-13-12-20-29(31)34(2,3)4)30(22-26-15-6-5-7-16-26)33(38)35-28-18-10-11-19-28/h5-9,12-17,20-21,28,30H,10-11,18-19,22-24H2,1-4H3,(H,35,38)/t30-/m1/s1. The number of carbonyl (C=O) groups is 2. The van der Waals surface area contributed by atoms with Gasteiger partial charge in [-0.3, -0.25) is 9.59 Å². The molecule has 1 aliphatic rings. The summed E-state index contributed by atoms with van der Waals surface area (Å²) < 4.78 is 6.17. The maximum absolute atomic E-state index is 14.0. The zero-order valence-corrected chi connectivity index (χ0v) is 23.8. The van der Waals surface area contributed by atoms with Crippen molar-refractivity contribution in [3.63, 3.8) is 0 Å². The van der Waals surface area contributed by atoms with Gasteiger partial charge in [-0.05, 0) is 53.5 Å². The first kappa shape index (κ1) is 28.4. The molecule has 3 aromatic rings. The Hall–Kier alpha value is -3.60. The first-order chi connectivity index (χ1) is 18.7. The maximum atomic E-state index is 14.0. The number of rotatable bonds is 10. The second-order valence-electron chi connectivity index (χ2n) is 11.7. The molecule has 0 unspecified atom stereocenters. The molecule has 0 spiro atoms. The van der Waals surface area contributed by atoms with Crippen LogP contribution in [0.2, 0.25) is 0 Å². The van der Waals surface area contributed by atoms with Crippen molar-refractivity contribution in [3.05, 3.63) is 101 Å². The van der Waals surface area contributed by atoms with E-state index in [4.69, 9.17) is 4.74 Å². The van der Waals surface area contributed by atoms with Crippen molar-refractivity contribution in [1.29, 1.82) is 0 Å². The van der Waals surface area contributed by atoms with E-state index >= 15 is 0 Å². The first-order valence-electron chi connectivity index (χ1n) is 14.1. The zero-order valence-electron chi connectivity index (χ0n) is 23.8. The number of carbonyl (C=O) groups excluding carboxylic acids is 2. The van der Waals surface area contributed by atoms with E-state index in [0.717, 1.165) is 47.9 Å². The third kappa shape index (κ3) is 7.72. The van der Waals surface area contributed by atoms with Gasteiger partial charge in [0.2, 0.25) is 5.91 Å². The summed E-state index contributed by atoms with van der Waals surface area (Å²) in [7, 11) is 0. The molecule has 1 atom stereocenters. The van der Waals surface area contributed by atoms with Gasteiger partial charge in [0.1, 0.15) is 11.8 Å². The van der Waals surface area contributed by atoms with Crippen molar-refractivity contribution in [2.75, 3.05) is 6.61 Å². The van der Waals surface area contributed by atoms with Crippen LogP contribution in [0, 0.1) is 6.92 Å². The minimum absolute atomic E-state index is 0.0946. The van der Waals surface area contributed by atoms with E-state index < -0.39 is 6.04 Å². The van der Waals surface area contributed by atoms with Crippen LogP contribution < -0.4 is 10.1 Å². The molecular weight excluding hydrogens is 484 g/mol. The van der Waals surface area contributed by atoms with Crippen LogP contribution in [0.3, 0.4) is 0 Å². The Morgan fingerprint density at radius 2 is 1.56 bits per heavy atom. The largest absolute Gasteiger partial charge is 0.483 e. The highest BCUT2D eigenvalue weighted by Crippen LogP contribution is 2.31. The molecule has 0 bridgehead atoms. The Bertz CT molecular complexity index is 1240. The van der Waals surface area contributed by atoms with Crippen LogP contribution in [-0.2, 0) is 28.0 Å². The van der Waals surface area contributed by atoms with Crippen LogP contribution in [0.25, 0.3) is 0 Å². The van der Waals surface area contributed by atoms with Crippen LogP contribution in [0.15, 0.2) is 78.9 Å². The van der Waals surface area contributed by atoms with Crippen molar-refractivity contribution in [1.82, 2.24) is 10.2 Å². The van der Waals surface area contributed by atoms with Gasteiger partial charge in [-0.1, -0.05) is 106 Å². The topological polar surface area (TPSA) is 58.6 Å². The van der Waals surface area contributed by atoms with Gasteiger partial charge in [-0.25, -0.2) is 0 Å². The molecular formula is C34H42N2O3. The number of amides is 2. The lowest BCUT2D eigenvalue weighted by atomic mass is 9.86. The Kier molecular flexibility index (Phi) is 9.45. The van der Waals surface area contributed by atoms with Crippen LogP contribution in [0.4, 0.5) is 0 Å². The van der Waals surface area contributed by atoms with Gasteiger partial charge in [-0.15, -0.1) is 0 Å². The molecule has 1 saturated carbocycles. The van der Waals surface area contributed by atoms with Gasteiger partial charge in [0.25, 0.3) is 5.91 Å².